The molecule has 2 aliphatic heterocycles. The van der Waals surface area contributed by atoms with Gasteiger partial charge in [0.15, 0.2) is 5.60 Å². The van der Waals surface area contributed by atoms with Crippen molar-refractivity contribution in [3.05, 3.63) is 64.7 Å². The van der Waals surface area contributed by atoms with Crippen LogP contribution >= 0.6 is 24.8 Å². The molecule has 2 aliphatic rings. The van der Waals surface area contributed by atoms with Crippen molar-refractivity contribution in [1.82, 2.24) is 10.6 Å². The zero-order chi connectivity index (χ0) is 22.1. The molecule has 33 heavy (non-hydrogen) atoms. The summed E-state index contributed by atoms with van der Waals surface area (Å²) in [5.41, 5.74) is 0.425. The highest BCUT2D eigenvalue weighted by molar-refractivity contribution is 5.85. The maximum atomic E-state index is 13.9. The van der Waals surface area contributed by atoms with Gasteiger partial charge in [-0.25, -0.2) is 0 Å². The Morgan fingerprint density at radius 2 is 1.91 bits per heavy atom. The SMILES string of the molecule is COc1cc2c(cc1CN[C@H]1CCCN[C@H]1c1ccccc1)[C@](C)(C(F)(F)F)OCC2.Cl.Cl. The smallest absolute Gasteiger partial charge is 0.421 e. The summed E-state index contributed by atoms with van der Waals surface area (Å²) in [5.74, 6) is 0.609. The van der Waals surface area contributed by atoms with Crippen molar-refractivity contribution in [3.8, 4) is 5.75 Å². The van der Waals surface area contributed by atoms with Gasteiger partial charge in [-0.3, -0.25) is 0 Å². The van der Waals surface area contributed by atoms with Crippen molar-refractivity contribution in [1.29, 1.82) is 0 Å². The molecule has 0 aromatic heterocycles. The highest BCUT2D eigenvalue weighted by Gasteiger charge is 2.55. The summed E-state index contributed by atoms with van der Waals surface area (Å²) in [7, 11) is 1.56. The molecule has 0 spiro atoms. The topological polar surface area (TPSA) is 42.5 Å². The van der Waals surface area contributed by atoms with Crippen LogP contribution in [0, 0.1) is 0 Å². The van der Waals surface area contributed by atoms with E-state index in [1.54, 1.807) is 19.2 Å². The van der Waals surface area contributed by atoms with Gasteiger partial charge >= 0.3 is 6.18 Å². The Kier molecular flexibility index (Phi) is 9.48. The molecule has 1 saturated heterocycles. The molecule has 4 rings (SSSR count). The molecule has 0 radical (unpaired) electrons. The largest absolute Gasteiger partial charge is 0.496 e. The fourth-order valence-electron chi connectivity index (χ4n) is 4.68. The molecule has 2 N–H and O–H groups in total. The Hall–Kier alpha value is -1.51. The number of halogens is 5. The molecule has 2 aromatic carbocycles. The predicted molar refractivity (Wildman–Crippen MR) is 128 cm³/mol. The first-order valence-electron chi connectivity index (χ1n) is 10.8. The van der Waals surface area contributed by atoms with Crippen LogP contribution in [0.5, 0.6) is 5.75 Å². The van der Waals surface area contributed by atoms with E-state index in [-0.39, 0.29) is 49.1 Å². The van der Waals surface area contributed by atoms with Gasteiger partial charge in [0.25, 0.3) is 0 Å². The zero-order valence-corrected chi connectivity index (χ0v) is 20.3. The number of hydrogen-bond acceptors (Lipinski definition) is 4. The Balaban J connectivity index is 0.00000193. The molecule has 9 heteroatoms. The van der Waals surface area contributed by atoms with Gasteiger partial charge in [0, 0.05) is 24.2 Å². The van der Waals surface area contributed by atoms with Gasteiger partial charge in [-0.15, -0.1) is 24.8 Å². The monoisotopic (exact) mass is 506 g/mol. The molecule has 184 valence electrons. The molecular weight excluding hydrogens is 476 g/mol. The summed E-state index contributed by atoms with van der Waals surface area (Å²) in [6.07, 6.45) is -2.02. The lowest BCUT2D eigenvalue weighted by Gasteiger charge is -2.38. The maximum Gasteiger partial charge on any atom is 0.421 e. The summed E-state index contributed by atoms with van der Waals surface area (Å²) in [4.78, 5) is 0. The number of nitrogens with one attached hydrogen (secondary N) is 2. The summed E-state index contributed by atoms with van der Waals surface area (Å²) in [6, 6.07) is 13.9. The van der Waals surface area contributed by atoms with Crippen LogP contribution < -0.4 is 15.4 Å². The summed E-state index contributed by atoms with van der Waals surface area (Å²) in [6.45, 7) is 2.52. The summed E-state index contributed by atoms with van der Waals surface area (Å²) in [5, 5.41) is 7.14. The van der Waals surface area contributed by atoms with E-state index in [9.17, 15) is 13.2 Å². The fraction of sp³-hybridized carbons (Fsp3) is 0.500. The number of fused-ring (bicyclic) bond motifs is 1. The summed E-state index contributed by atoms with van der Waals surface area (Å²) < 4.78 is 52.4. The van der Waals surface area contributed by atoms with E-state index >= 15 is 0 Å². The van der Waals surface area contributed by atoms with Gasteiger partial charge < -0.3 is 20.1 Å². The van der Waals surface area contributed by atoms with Gasteiger partial charge in [-0.1, -0.05) is 30.3 Å². The first-order chi connectivity index (χ1) is 14.8. The molecule has 0 amide bonds. The van der Waals surface area contributed by atoms with Crippen LogP contribution in [0.4, 0.5) is 13.2 Å². The predicted octanol–water partition coefficient (Wildman–Crippen LogP) is 5.47. The van der Waals surface area contributed by atoms with E-state index < -0.39 is 11.8 Å². The number of alkyl halides is 3. The van der Waals surface area contributed by atoms with E-state index in [1.165, 1.54) is 5.56 Å². The van der Waals surface area contributed by atoms with Crippen molar-refractivity contribution < 1.29 is 22.6 Å². The Morgan fingerprint density at radius 3 is 2.58 bits per heavy atom. The molecule has 2 aromatic rings. The molecule has 0 bridgehead atoms. The van der Waals surface area contributed by atoms with Crippen molar-refractivity contribution in [2.75, 3.05) is 20.3 Å². The molecule has 2 heterocycles. The minimum atomic E-state index is -4.49. The lowest BCUT2D eigenvalue weighted by atomic mass is 9.85. The molecule has 0 unspecified atom stereocenters. The average Bonchev–Trinajstić information content (AvgIpc) is 2.77. The van der Waals surface area contributed by atoms with Crippen molar-refractivity contribution in [2.45, 2.75) is 56.6 Å². The van der Waals surface area contributed by atoms with Crippen LogP contribution in [0.3, 0.4) is 0 Å². The average molecular weight is 507 g/mol. The number of rotatable bonds is 5. The Morgan fingerprint density at radius 1 is 1.18 bits per heavy atom. The highest BCUT2D eigenvalue weighted by Crippen LogP contribution is 2.47. The van der Waals surface area contributed by atoms with Gasteiger partial charge in [-0.05, 0) is 61.6 Å². The van der Waals surface area contributed by atoms with Crippen LogP contribution in [0.15, 0.2) is 42.5 Å². The fourth-order valence-corrected chi connectivity index (χ4v) is 4.68. The van der Waals surface area contributed by atoms with Crippen molar-refractivity contribution in [3.63, 3.8) is 0 Å². The van der Waals surface area contributed by atoms with Gasteiger partial charge in [0.05, 0.1) is 13.7 Å². The Bertz CT molecular complexity index is 915. The molecule has 4 nitrogen and oxygen atoms in total. The maximum absolute atomic E-state index is 13.9. The third kappa shape index (κ3) is 5.60. The van der Waals surface area contributed by atoms with Crippen LogP contribution in [0.2, 0.25) is 0 Å². The van der Waals surface area contributed by atoms with E-state index in [0.717, 1.165) is 26.3 Å². The van der Waals surface area contributed by atoms with E-state index in [4.69, 9.17) is 9.47 Å². The molecule has 3 atom stereocenters. The molecule has 0 aliphatic carbocycles. The minimum absolute atomic E-state index is 0. The van der Waals surface area contributed by atoms with Crippen LogP contribution in [0.25, 0.3) is 0 Å². The second-order valence-corrected chi connectivity index (χ2v) is 8.42. The van der Waals surface area contributed by atoms with E-state index in [2.05, 4.69) is 22.8 Å². The second-order valence-electron chi connectivity index (χ2n) is 8.42. The van der Waals surface area contributed by atoms with Gasteiger partial charge in [-0.2, -0.15) is 13.2 Å². The molecule has 0 saturated carbocycles. The number of benzene rings is 2. The second kappa shape index (κ2) is 11.3. The molecular formula is C24H31Cl2F3N2O2. The zero-order valence-electron chi connectivity index (χ0n) is 18.7. The lowest BCUT2D eigenvalue weighted by molar-refractivity contribution is -0.281. The van der Waals surface area contributed by atoms with Crippen LogP contribution in [0.1, 0.15) is 48.1 Å². The first-order valence-corrected chi connectivity index (χ1v) is 10.8. The standard InChI is InChI=1S/C24H29F3N2O2.2ClH/c1-23(24(25,26)27)19-13-18(21(30-2)14-17(19)10-12-31-23)15-29-20-9-6-11-28-22(20)16-7-4-3-5-8-16;;/h3-5,7-8,13-14,20,22,28-29H,6,9-12,15H2,1-2H3;2*1H/t20-,22-,23+;;/m0../s1. The third-order valence-corrected chi connectivity index (χ3v) is 6.50. The van der Waals surface area contributed by atoms with Crippen molar-refractivity contribution >= 4 is 24.8 Å². The number of methoxy groups -OCH3 is 1. The molecule has 1 fully saturated rings. The van der Waals surface area contributed by atoms with Gasteiger partial charge in [0.1, 0.15) is 5.75 Å². The number of ether oxygens (including phenoxy) is 2. The van der Waals surface area contributed by atoms with Crippen LogP contribution in [-0.2, 0) is 23.3 Å². The third-order valence-electron chi connectivity index (χ3n) is 6.50. The number of piperidine rings is 1. The summed E-state index contributed by atoms with van der Waals surface area (Å²) >= 11 is 0. The minimum Gasteiger partial charge on any atom is -0.496 e. The quantitative estimate of drug-likeness (QED) is 0.563. The van der Waals surface area contributed by atoms with E-state index in [1.807, 2.05) is 18.2 Å². The number of hydrogen-bond donors (Lipinski definition) is 2. The normalized spacial score (nSPS) is 24.8. The lowest BCUT2D eigenvalue weighted by Crippen LogP contribution is -2.46. The highest BCUT2D eigenvalue weighted by atomic mass is 35.5. The first kappa shape index (κ1) is 27.7. The van der Waals surface area contributed by atoms with Crippen molar-refractivity contribution in [2.24, 2.45) is 0 Å². The van der Waals surface area contributed by atoms with E-state index in [0.29, 0.717) is 29.8 Å². The Labute approximate surface area is 205 Å². The van der Waals surface area contributed by atoms with Crippen LogP contribution in [-0.4, -0.2) is 32.5 Å². The van der Waals surface area contributed by atoms with Gasteiger partial charge in [0.2, 0.25) is 0 Å².